The second kappa shape index (κ2) is 9.40. The highest BCUT2D eigenvalue weighted by Crippen LogP contribution is 2.29. The van der Waals surface area contributed by atoms with E-state index in [4.69, 9.17) is 14.2 Å². The number of aryl methyl sites for hydroxylation is 1. The number of ether oxygens (including phenoxy) is 3. The second-order valence-corrected chi connectivity index (χ2v) is 5.59. The number of nitrogens with one attached hydrogen (secondary N) is 1. The Kier molecular flexibility index (Phi) is 7.20. The Morgan fingerprint density at radius 3 is 2.74 bits per heavy atom. The topological polar surface area (TPSA) is 56.8 Å². The van der Waals surface area contributed by atoms with Gasteiger partial charge in [-0.3, -0.25) is 4.79 Å². The lowest BCUT2D eigenvalue weighted by atomic mass is 10.1. The van der Waals surface area contributed by atoms with E-state index in [1.54, 1.807) is 0 Å². The van der Waals surface area contributed by atoms with Gasteiger partial charge >= 0.3 is 0 Å². The molecule has 1 heterocycles. The van der Waals surface area contributed by atoms with Gasteiger partial charge in [-0.05, 0) is 50.8 Å². The van der Waals surface area contributed by atoms with E-state index >= 15 is 0 Å². The molecule has 1 amide bonds. The maximum Gasteiger partial charge on any atom is 0.220 e. The Balaban J connectivity index is 1.81. The molecule has 2 rings (SSSR count). The third-order valence-electron chi connectivity index (χ3n) is 3.80. The minimum absolute atomic E-state index is 0.0624. The van der Waals surface area contributed by atoms with Crippen molar-refractivity contribution in [2.75, 3.05) is 26.4 Å². The highest BCUT2D eigenvalue weighted by atomic mass is 16.5. The third kappa shape index (κ3) is 5.75. The summed E-state index contributed by atoms with van der Waals surface area (Å²) >= 11 is 0. The summed E-state index contributed by atoms with van der Waals surface area (Å²) in [5, 5.41) is 2.95. The van der Waals surface area contributed by atoms with E-state index in [0.29, 0.717) is 32.6 Å². The van der Waals surface area contributed by atoms with Crippen LogP contribution in [0.4, 0.5) is 0 Å². The van der Waals surface area contributed by atoms with Gasteiger partial charge in [-0.2, -0.15) is 0 Å². The van der Waals surface area contributed by atoms with Gasteiger partial charge in [0.2, 0.25) is 5.91 Å². The minimum atomic E-state index is 0.0624. The molecule has 1 aromatic carbocycles. The van der Waals surface area contributed by atoms with Crippen LogP contribution in [0.1, 0.15) is 38.7 Å². The van der Waals surface area contributed by atoms with Gasteiger partial charge in [0, 0.05) is 19.6 Å². The van der Waals surface area contributed by atoms with Crippen molar-refractivity contribution >= 4 is 5.91 Å². The molecule has 0 aromatic heterocycles. The van der Waals surface area contributed by atoms with Crippen LogP contribution in [0.25, 0.3) is 0 Å². The van der Waals surface area contributed by atoms with E-state index in [-0.39, 0.29) is 12.0 Å². The quantitative estimate of drug-likeness (QED) is 0.760. The Hall–Kier alpha value is -1.75. The maximum atomic E-state index is 11.9. The number of amides is 1. The summed E-state index contributed by atoms with van der Waals surface area (Å²) in [6, 6.07) is 5.86. The molecule has 1 saturated heterocycles. The molecule has 5 heteroatoms. The van der Waals surface area contributed by atoms with E-state index in [9.17, 15) is 4.79 Å². The second-order valence-electron chi connectivity index (χ2n) is 5.59. The molecule has 1 aliphatic rings. The average molecular weight is 321 g/mol. The van der Waals surface area contributed by atoms with Gasteiger partial charge in [-0.1, -0.05) is 6.07 Å². The van der Waals surface area contributed by atoms with Crippen LogP contribution >= 0.6 is 0 Å². The van der Waals surface area contributed by atoms with Crippen LogP contribution in [0.5, 0.6) is 11.5 Å². The van der Waals surface area contributed by atoms with Crippen molar-refractivity contribution in [3.8, 4) is 11.5 Å². The summed E-state index contributed by atoms with van der Waals surface area (Å²) in [6.45, 7) is 6.51. The van der Waals surface area contributed by atoms with E-state index in [2.05, 4.69) is 5.32 Å². The van der Waals surface area contributed by atoms with Crippen molar-refractivity contribution in [1.29, 1.82) is 0 Å². The lowest BCUT2D eigenvalue weighted by Crippen LogP contribution is -2.31. The minimum Gasteiger partial charge on any atom is -0.490 e. The first-order chi connectivity index (χ1) is 11.2. The first-order valence-electron chi connectivity index (χ1n) is 8.49. The van der Waals surface area contributed by atoms with Crippen molar-refractivity contribution in [2.45, 2.75) is 45.6 Å². The van der Waals surface area contributed by atoms with E-state index in [0.717, 1.165) is 36.5 Å². The molecule has 0 aliphatic carbocycles. The number of carbonyl (C=O) groups is 1. The van der Waals surface area contributed by atoms with Crippen LogP contribution < -0.4 is 14.8 Å². The Morgan fingerprint density at radius 2 is 2.04 bits per heavy atom. The summed E-state index contributed by atoms with van der Waals surface area (Å²) in [4.78, 5) is 11.9. The first kappa shape index (κ1) is 17.6. The van der Waals surface area contributed by atoms with Crippen molar-refractivity contribution in [2.24, 2.45) is 0 Å². The first-order valence-corrected chi connectivity index (χ1v) is 8.49. The molecule has 1 N–H and O–H groups in total. The summed E-state index contributed by atoms with van der Waals surface area (Å²) in [7, 11) is 0. The SMILES string of the molecule is CCOc1ccc(CCC(=O)NC[C@@H]2CCCO2)cc1OCC. The van der Waals surface area contributed by atoms with Gasteiger partial charge in [0.15, 0.2) is 11.5 Å². The fourth-order valence-electron chi connectivity index (χ4n) is 2.63. The molecular weight excluding hydrogens is 294 g/mol. The van der Waals surface area contributed by atoms with E-state index < -0.39 is 0 Å². The van der Waals surface area contributed by atoms with Gasteiger partial charge in [0.25, 0.3) is 0 Å². The Morgan fingerprint density at radius 1 is 1.26 bits per heavy atom. The molecule has 1 atom stereocenters. The number of hydrogen-bond acceptors (Lipinski definition) is 4. The molecule has 1 aliphatic heterocycles. The standard InChI is InChI=1S/C18H27NO4/c1-3-21-16-9-7-14(12-17(16)22-4-2)8-10-18(20)19-13-15-6-5-11-23-15/h7,9,12,15H,3-6,8,10-11,13H2,1-2H3,(H,19,20)/t15-/m0/s1. The number of benzene rings is 1. The van der Waals surface area contributed by atoms with Crippen LogP contribution in [-0.4, -0.2) is 38.4 Å². The fraction of sp³-hybridized carbons (Fsp3) is 0.611. The summed E-state index contributed by atoms with van der Waals surface area (Å²) < 4.78 is 16.7. The Labute approximate surface area is 138 Å². The lowest BCUT2D eigenvalue weighted by molar-refractivity contribution is -0.121. The molecule has 1 fully saturated rings. The van der Waals surface area contributed by atoms with Crippen LogP contribution in [-0.2, 0) is 16.0 Å². The average Bonchev–Trinajstić information content (AvgIpc) is 3.07. The molecule has 1 aromatic rings. The monoisotopic (exact) mass is 321 g/mol. The number of carbonyl (C=O) groups excluding carboxylic acids is 1. The molecule has 0 radical (unpaired) electrons. The van der Waals surface area contributed by atoms with Crippen LogP contribution in [0.15, 0.2) is 18.2 Å². The molecule has 23 heavy (non-hydrogen) atoms. The molecule has 5 nitrogen and oxygen atoms in total. The Bertz CT molecular complexity index is 498. The van der Waals surface area contributed by atoms with Gasteiger partial charge in [0.1, 0.15) is 0 Å². The highest BCUT2D eigenvalue weighted by Gasteiger charge is 2.16. The predicted molar refractivity (Wildman–Crippen MR) is 89.1 cm³/mol. The fourth-order valence-corrected chi connectivity index (χ4v) is 2.63. The van der Waals surface area contributed by atoms with E-state index in [1.165, 1.54) is 0 Å². The van der Waals surface area contributed by atoms with Crippen LogP contribution in [0.2, 0.25) is 0 Å². The number of rotatable bonds is 9. The molecule has 128 valence electrons. The van der Waals surface area contributed by atoms with Crippen molar-refractivity contribution in [3.63, 3.8) is 0 Å². The summed E-state index contributed by atoms with van der Waals surface area (Å²) in [5.74, 6) is 1.56. The lowest BCUT2D eigenvalue weighted by Gasteiger charge is -2.13. The maximum absolute atomic E-state index is 11.9. The molecule has 0 unspecified atom stereocenters. The normalized spacial score (nSPS) is 17.0. The van der Waals surface area contributed by atoms with Gasteiger partial charge in [0.05, 0.1) is 19.3 Å². The largest absolute Gasteiger partial charge is 0.490 e. The number of hydrogen-bond donors (Lipinski definition) is 1. The van der Waals surface area contributed by atoms with Crippen molar-refractivity contribution in [3.05, 3.63) is 23.8 Å². The molecular formula is C18H27NO4. The summed E-state index contributed by atoms with van der Waals surface area (Å²) in [5.41, 5.74) is 1.07. The molecule has 0 spiro atoms. The van der Waals surface area contributed by atoms with Crippen LogP contribution in [0.3, 0.4) is 0 Å². The zero-order chi connectivity index (χ0) is 16.5. The molecule has 0 bridgehead atoms. The van der Waals surface area contributed by atoms with Crippen LogP contribution in [0, 0.1) is 0 Å². The van der Waals surface area contributed by atoms with E-state index in [1.807, 2.05) is 32.0 Å². The molecule has 0 saturated carbocycles. The van der Waals surface area contributed by atoms with Gasteiger partial charge < -0.3 is 19.5 Å². The zero-order valence-corrected chi connectivity index (χ0v) is 14.1. The summed E-state index contributed by atoms with van der Waals surface area (Å²) in [6.07, 6.45) is 3.47. The van der Waals surface area contributed by atoms with Gasteiger partial charge in [-0.15, -0.1) is 0 Å². The van der Waals surface area contributed by atoms with Crippen molar-refractivity contribution in [1.82, 2.24) is 5.32 Å². The third-order valence-corrected chi connectivity index (χ3v) is 3.80. The van der Waals surface area contributed by atoms with Crippen molar-refractivity contribution < 1.29 is 19.0 Å². The van der Waals surface area contributed by atoms with Gasteiger partial charge in [-0.25, -0.2) is 0 Å². The highest BCUT2D eigenvalue weighted by molar-refractivity contribution is 5.76. The predicted octanol–water partition coefficient (Wildman–Crippen LogP) is 2.71. The zero-order valence-electron chi connectivity index (χ0n) is 14.1. The smallest absolute Gasteiger partial charge is 0.220 e.